The first-order valence-corrected chi connectivity index (χ1v) is 10.5. The van der Waals surface area contributed by atoms with Gasteiger partial charge in [-0.15, -0.1) is 0 Å². The first-order chi connectivity index (χ1) is 14.9. The van der Waals surface area contributed by atoms with E-state index in [-0.39, 0.29) is 5.56 Å². The molecule has 4 rings (SSSR count). The zero-order chi connectivity index (χ0) is 22.0. The number of thiocarbonyl (C=S) groups is 1. The molecule has 0 aliphatic heterocycles. The van der Waals surface area contributed by atoms with E-state index < -0.39 is 5.91 Å². The first kappa shape index (κ1) is 21.1. The van der Waals surface area contributed by atoms with Gasteiger partial charge in [0, 0.05) is 29.8 Å². The summed E-state index contributed by atoms with van der Waals surface area (Å²) >= 11 is 11.8. The number of nitrogens with one attached hydrogen (secondary N) is 2. The van der Waals surface area contributed by atoms with Crippen molar-refractivity contribution in [3.8, 4) is 17.2 Å². The average Bonchev–Trinajstić information content (AvgIpc) is 2.72. The van der Waals surface area contributed by atoms with Crippen LogP contribution in [0.4, 0.5) is 5.69 Å². The highest BCUT2D eigenvalue weighted by Crippen LogP contribution is 2.35. The number of methoxy groups -OCH3 is 1. The highest BCUT2D eigenvalue weighted by molar-refractivity contribution is 7.80. The third-order valence-corrected chi connectivity index (χ3v) is 5.68. The number of fused-ring (bicyclic) bond motifs is 1. The second kappa shape index (κ2) is 8.95. The molecule has 9 heteroatoms. The standard InChI is InChI=1S/C22H21ClN4O3S/c1-29-20-11-18-14(10-15(20)21(24)28)19(7-8-25-18)30-13-5-6-17(16(23)9-13)27-22(31)26-12-3-2-4-12/h5-12H,2-4H2,1H3,(H2,24,28)(H2,26,27,31). The maximum absolute atomic E-state index is 11.8. The number of pyridine rings is 1. The minimum atomic E-state index is -0.599. The minimum Gasteiger partial charge on any atom is -0.496 e. The van der Waals surface area contributed by atoms with Gasteiger partial charge in [0.2, 0.25) is 0 Å². The Bertz CT molecular complexity index is 1170. The Morgan fingerprint density at radius 3 is 2.68 bits per heavy atom. The molecule has 0 bridgehead atoms. The second-order valence-electron chi connectivity index (χ2n) is 7.21. The molecule has 0 saturated heterocycles. The molecule has 1 saturated carbocycles. The van der Waals surface area contributed by atoms with Gasteiger partial charge in [0.1, 0.15) is 17.2 Å². The number of carbonyl (C=O) groups excluding carboxylic acids is 1. The summed E-state index contributed by atoms with van der Waals surface area (Å²) in [7, 11) is 1.47. The number of rotatable bonds is 6. The van der Waals surface area contributed by atoms with Crippen molar-refractivity contribution in [2.75, 3.05) is 12.4 Å². The van der Waals surface area contributed by atoms with Crippen molar-refractivity contribution in [3.05, 3.63) is 53.2 Å². The van der Waals surface area contributed by atoms with Gasteiger partial charge in [-0.05, 0) is 55.7 Å². The fraction of sp³-hybridized carbons (Fsp3) is 0.227. The highest BCUT2D eigenvalue weighted by Gasteiger charge is 2.18. The average molecular weight is 457 g/mol. The molecule has 4 N–H and O–H groups in total. The number of carbonyl (C=O) groups is 1. The largest absolute Gasteiger partial charge is 0.496 e. The topological polar surface area (TPSA) is 98.5 Å². The third-order valence-electron chi connectivity index (χ3n) is 5.15. The molecule has 0 atom stereocenters. The molecule has 3 aromatic rings. The van der Waals surface area contributed by atoms with Crippen molar-refractivity contribution < 1.29 is 14.3 Å². The van der Waals surface area contributed by atoms with E-state index in [1.807, 2.05) is 0 Å². The number of amides is 1. The van der Waals surface area contributed by atoms with E-state index in [0.29, 0.717) is 50.0 Å². The fourth-order valence-corrected chi connectivity index (χ4v) is 3.78. The van der Waals surface area contributed by atoms with Gasteiger partial charge in [0.25, 0.3) is 5.91 Å². The van der Waals surface area contributed by atoms with Crippen LogP contribution in [0.5, 0.6) is 17.2 Å². The summed E-state index contributed by atoms with van der Waals surface area (Å²) in [6.07, 6.45) is 5.10. The van der Waals surface area contributed by atoms with Gasteiger partial charge in [-0.3, -0.25) is 9.78 Å². The normalized spacial score (nSPS) is 13.4. The maximum atomic E-state index is 11.8. The number of halogens is 1. The van der Waals surface area contributed by atoms with Crippen molar-refractivity contribution in [3.63, 3.8) is 0 Å². The third kappa shape index (κ3) is 4.65. The number of hydrogen-bond acceptors (Lipinski definition) is 5. The van der Waals surface area contributed by atoms with Crippen LogP contribution in [-0.2, 0) is 0 Å². The number of ether oxygens (including phenoxy) is 2. The zero-order valence-electron chi connectivity index (χ0n) is 16.8. The minimum absolute atomic E-state index is 0.248. The Morgan fingerprint density at radius 2 is 2.03 bits per heavy atom. The zero-order valence-corrected chi connectivity index (χ0v) is 18.3. The molecule has 1 heterocycles. The van der Waals surface area contributed by atoms with E-state index in [4.69, 9.17) is 39.0 Å². The smallest absolute Gasteiger partial charge is 0.252 e. The molecule has 1 aromatic heterocycles. The monoisotopic (exact) mass is 456 g/mol. The Kier molecular flexibility index (Phi) is 6.11. The molecule has 2 aromatic carbocycles. The van der Waals surface area contributed by atoms with Crippen LogP contribution in [0.2, 0.25) is 5.02 Å². The van der Waals surface area contributed by atoms with E-state index in [1.165, 1.54) is 13.5 Å². The number of benzene rings is 2. The summed E-state index contributed by atoms with van der Waals surface area (Å²) in [6, 6.07) is 10.7. The van der Waals surface area contributed by atoms with Gasteiger partial charge < -0.3 is 25.8 Å². The van der Waals surface area contributed by atoms with Crippen LogP contribution >= 0.6 is 23.8 Å². The first-order valence-electron chi connectivity index (χ1n) is 9.76. The van der Waals surface area contributed by atoms with E-state index in [1.54, 1.807) is 42.6 Å². The molecule has 160 valence electrons. The van der Waals surface area contributed by atoms with E-state index in [2.05, 4.69) is 15.6 Å². The summed E-state index contributed by atoms with van der Waals surface area (Å²) in [5, 5.41) is 8.03. The lowest BCUT2D eigenvalue weighted by molar-refractivity contribution is 0.0997. The van der Waals surface area contributed by atoms with E-state index in [9.17, 15) is 4.79 Å². The van der Waals surface area contributed by atoms with Crippen molar-refractivity contribution >= 4 is 51.4 Å². The summed E-state index contributed by atoms with van der Waals surface area (Å²) in [5.41, 5.74) is 7.02. The van der Waals surface area contributed by atoms with Crippen LogP contribution in [0, 0.1) is 0 Å². The molecule has 31 heavy (non-hydrogen) atoms. The number of hydrogen-bond donors (Lipinski definition) is 3. The molecule has 1 fully saturated rings. The van der Waals surface area contributed by atoms with Crippen molar-refractivity contribution in [1.82, 2.24) is 10.3 Å². The predicted molar refractivity (Wildman–Crippen MR) is 125 cm³/mol. The molecule has 0 radical (unpaired) electrons. The highest BCUT2D eigenvalue weighted by atomic mass is 35.5. The molecule has 0 unspecified atom stereocenters. The molecular weight excluding hydrogens is 436 g/mol. The second-order valence-corrected chi connectivity index (χ2v) is 8.03. The lowest BCUT2D eigenvalue weighted by Crippen LogP contribution is -2.41. The molecular formula is C22H21ClN4O3S. The van der Waals surface area contributed by atoms with Crippen LogP contribution in [-0.4, -0.2) is 29.2 Å². The van der Waals surface area contributed by atoms with Crippen molar-refractivity contribution in [2.45, 2.75) is 25.3 Å². The molecule has 7 nitrogen and oxygen atoms in total. The Hall–Kier alpha value is -3.10. The number of primary amides is 1. The van der Waals surface area contributed by atoms with E-state index >= 15 is 0 Å². The van der Waals surface area contributed by atoms with Crippen LogP contribution in [0.1, 0.15) is 29.6 Å². The van der Waals surface area contributed by atoms with Crippen LogP contribution in [0.25, 0.3) is 10.9 Å². The molecule has 1 amide bonds. The Morgan fingerprint density at radius 1 is 1.23 bits per heavy atom. The van der Waals surface area contributed by atoms with Gasteiger partial charge in [-0.2, -0.15) is 0 Å². The van der Waals surface area contributed by atoms with Crippen LogP contribution in [0.15, 0.2) is 42.6 Å². The maximum Gasteiger partial charge on any atom is 0.252 e. The number of aromatic nitrogens is 1. The summed E-state index contributed by atoms with van der Waals surface area (Å²) in [4.78, 5) is 16.1. The van der Waals surface area contributed by atoms with Gasteiger partial charge in [-0.25, -0.2) is 0 Å². The van der Waals surface area contributed by atoms with E-state index in [0.717, 1.165) is 12.8 Å². The van der Waals surface area contributed by atoms with Gasteiger partial charge >= 0.3 is 0 Å². The van der Waals surface area contributed by atoms with Gasteiger partial charge in [0.15, 0.2) is 5.11 Å². The van der Waals surface area contributed by atoms with Crippen LogP contribution < -0.4 is 25.8 Å². The van der Waals surface area contributed by atoms with Gasteiger partial charge in [-0.1, -0.05) is 11.6 Å². The molecule has 0 spiro atoms. The van der Waals surface area contributed by atoms with Crippen molar-refractivity contribution in [2.24, 2.45) is 5.73 Å². The lowest BCUT2D eigenvalue weighted by Gasteiger charge is -2.28. The molecule has 1 aliphatic carbocycles. The van der Waals surface area contributed by atoms with Crippen LogP contribution in [0.3, 0.4) is 0 Å². The lowest BCUT2D eigenvalue weighted by atomic mass is 9.93. The summed E-state index contributed by atoms with van der Waals surface area (Å²) in [5.74, 6) is 0.791. The van der Waals surface area contributed by atoms with Crippen molar-refractivity contribution in [1.29, 1.82) is 0 Å². The number of nitrogens with zero attached hydrogens (tertiary/aromatic N) is 1. The predicted octanol–water partition coefficient (Wildman–Crippen LogP) is 4.63. The summed E-state index contributed by atoms with van der Waals surface area (Å²) in [6.45, 7) is 0. The fourth-order valence-electron chi connectivity index (χ4n) is 3.28. The Labute approximate surface area is 189 Å². The van der Waals surface area contributed by atoms with Gasteiger partial charge in [0.05, 0.1) is 28.9 Å². The summed E-state index contributed by atoms with van der Waals surface area (Å²) < 4.78 is 11.3. The SMILES string of the molecule is COc1cc2nccc(Oc3ccc(NC(=S)NC4CCC4)c(Cl)c3)c2cc1C(N)=O. The Balaban J connectivity index is 1.57. The number of nitrogens with two attached hydrogens (primary N) is 1. The number of anilines is 1. The molecule has 1 aliphatic rings. The quantitative estimate of drug-likeness (QED) is 0.465.